The number of methoxy groups -OCH3 is 1. The second kappa shape index (κ2) is 43.5. The number of hydrogen-bond donors (Lipinski definition) is 5. The lowest BCUT2D eigenvalue weighted by molar-refractivity contribution is 0.109. The third-order valence-corrected chi connectivity index (χ3v) is 21.8. The molecule has 0 saturated carbocycles. The van der Waals surface area contributed by atoms with E-state index in [1.807, 2.05) is 52.8 Å². The number of anilines is 5. The molecule has 7 N–H and O–H groups in total. The summed E-state index contributed by atoms with van der Waals surface area (Å²) in [5, 5.41) is 12.9. The van der Waals surface area contributed by atoms with E-state index in [1.54, 1.807) is 26.7 Å². The van der Waals surface area contributed by atoms with Gasteiger partial charge in [0.25, 0.3) is 21.7 Å². The number of aromatic nitrogens is 6. The second-order valence-corrected chi connectivity index (χ2v) is 35.3. The predicted octanol–water partition coefficient (Wildman–Crippen LogP) is 12.5. The molecule has 0 aliphatic rings. The fourth-order valence-corrected chi connectivity index (χ4v) is 14.5. The Morgan fingerprint density at radius 2 is 0.893 bits per heavy atom. The molecule has 103 heavy (non-hydrogen) atoms. The maximum atomic E-state index is 13.0. The first-order valence-electron chi connectivity index (χ1n) is 38.4. The number of nitrogen functional groups attached to an aromatic ring is 2. The van der Waals surface area contributed by atoms with Gasteiger partial charge in [0.2, 0.25) is 0 Å². The number of rotatable bonds is 49. The first kappa shape index (κ1) is 85.0. The third-order valence-electron chi connectivity index (χ3n) is 18.7. The van der Waals surface area contributed by atoms with Gasteiger partial charge in [-0.05, 0) is 170 Å². The number of hydrogen-bond acceptors (Lipinski definition) is 21. The number of nitrogens with zero attached hydrogens (tertiary/aromatic N) is 9. The number of aryl methyl sites for hydroxylation is 2. The van der Waals surface area contributed by atoms with Crippen molar-refractivity contribution in [3.05, 3.63) is 88.9 Å². The standard InChI is InChI=1S/C46H76N7O4P.C25H41N6O2P.C7H9NO3/c1-7-9-11-12-13-14-15-16-17-18-19-20-21-22-23-30-48-40-43(45(55)44(40)54)52(33-26-31-51(3)4)32-24-25-34-57-53-39(27-10-8-2)50-41-42(53)37-29-28-36(58(5,6)56)35-38(37)49-46(41)47;1-6-7-11-22-29-23-24(31(22)33-17-9-8-14-27-15-10-16-30(2)3)20-13-12-19(34(4,5)32)18-21(20)28-25(23)26;1-3-8-4-5(9)6(10)7(4)11-2/h28-29,35,48H,7-27,30-34H2,1-6H3,(H2,47,49);12-13,18,27H,6-11,14-17H2,1-5H3,(H2,26,28);8H,3H2,1-2H3. The van der Waals surface area contributed by atoms with Crippen LogP contribution in [-0.2, 0) is 22.0 Å². The summed E-state index contributed by atoms with van der Waals surface area (Å²) in [6.07, 6.45) is 30.9. The Hall–Kier alpha value is -6.90. The zero-order valence-corrected chi connectivity index (χ0v) is 66.7. The number of imidazole rings is 2. The average molecular weight is 1470 g/mol. The molecule has 0 fully saturated rings. The molecule has 0 aliphatic carbocycles. The summed E-state index contributed by atoms with van der Waals surface area (Å²) in [6.45, 7) is 23.2. The van der Waals surface area contributed by atoms with Crippen LogP contribution < -0.4 is 79.1 Å². The molecule has 572 valence electrons. The van der Waals surface area contributed by atoms with E-state index in [4.69, 9.17) is 31.1 Å². The number of unbranched alkanes of at least 4 members (excludes halogenated alkanes) is 18. The summed E-state index contributed by atoms with van der Waals surface area (Å²) in [5.74, 6) is 2.53. The van der Waals surface area contributed by atoms with E-state index in [1.165, 1.54) is 90.6 Å². The summed E-state index contributed by atoms with van der Waals surface area (Å²) in [4.78, 5) is 85.4. The molecule has 0 unspecified atom stereocenters. The maximum Gasteiger partial charge on any atom is 0.271 e. The molecule has 8 rings (SSSR count). The van der Waals surface area contributed by atoms with Crippen molar-refractivity contribution in [2.24, 2.45) is 0 Å². The lowest BCUT2D eigenvalue weighted by Gasteiger charge is -2.28. The van der Waals surface area contributed by atoms with Crippen LogP contribution in [0.2, 0.25) is 0 Å². The van der Waals surface area contributed by atoms with Crippen LogP contribution in [0, 0.1) is 0 Å². The van der Waals surface area contributed by atoms with Gasteiger partial charge in [0.15, 0.2) is 17.4 Å². The van der Waals surface area contributed by atoms with Crippen LogP contribution in [0.5, 0.6) is 5.75 Å². The summed E-state index contributed by atoms with van der Waals surface area (Å²) in [6, 6.07) is 11.5. The van der Waals surface area contributed by atoms with Crippen molar-refractivity contribution in [1.82, 2.24) is 44.5 Å². The van der Waals surface area contributed by atoms with Crippen molar-refractivity contribution >= 4 is 97.5 Å². The van der Waals surface area contributed by atoms with E-state index in [2.05, 4.69) is 94.3 Å². The van der Waals surface area contributed by atoms with Crippen molar-refractivity contribution < 1.29 is 23.5 Å². The fourth-order valence-electron chi connectivity index (χ4n) is 12.7. The van der Waals surface area contributed by atoms with Gasteiger partial charge in [0.1, 0.15) is 78.3 Å². The number of ether oxygens (including phenoxy) is 1. The number of fused-ring (bicyclic) bond motifs is 6. The maximum absolute atomic E-state index is 13.0. The summed E-state index contributed by atoms with van der Waals surface area (Å²) in [5.41, 5.74) is 16.6. The monoisotopic (exact) mass is 1460 g/mol. The molecule has 0 radical (unpaired) electrons. The molecule has 0 spiro atoms. The molecular weight excluding hydrogens is 1340 g/mol. The number of benzene rings is 2. The van der Waals surface area contributed by atoms with Crippen molar-refractivity contribution in [3.8, 4) is 5.75 Å². The van der Waals surface area contributed by atoms with Crippen molar-refractivity contribution in [3.63, 3.8) is 0 Å². The normalized spacial score (nSPS) is 12.0. The van der Waals surface area contributed by atoms with Gasteiger partial charge >= 0.3 is 0 Å². The SMILES string of the molecule is CCCCCCCCCCCCCCCCCNc1c(N(CCCCOn2c(CCCC)nc3c(N)nc4cc(P(C)(C)=O)ccc4c32)CCCN(C)C)c(=O)c1=O.CCCCc1nc2c(N)nc3cc(P(C)(C)=O)ccc3c2n1OCCCCNCCCN(C)C.CCNc1c(OC)c(=O)c1=O. The summed E-state index contributed by atoms with van der Waals surface area (Å²) in [7, 11) is 4.78. The second-order valence-electron chi connectivity index (χ2n) is 28.8. The van der Waals surface area contributed by atoms with Crippen molar-refractivity contribution in [2.75, 3.05) is 155 Å². The molecule has 0 bridgehead atoms. The molecule has 8 aromatic rings. The molecule has 4 aromatic carbocycles. The summed E-state index contributed by atoms with van der Waals surface area (Å²) >= 11 is 0. The fraction of sp³-hybridized carbons (Fsp3) is 0.641. The quantitative estimate of drug-likeness (QED) is 0.0134. The highest BCUT2D eigenvalue weighted by Gasteiger charge is 2.27. The molecule has 4 heterocycles. The molecule has 0 saturated heterocycles. The van der Waals surface area contributed by atoms with E-state index < -0.39 is 30.6 Å². The number of nitrogens with two attached hydrogens (primary N) is 2. The molecule has 0 aliphatic heterocycles. The van der Waals surface area contributed by atoms with Gasteiger partial charge in [-0.2, -0.15) is 9.46 Å². The minimum atomic E-state index is -2.49. The Bertz CT molecular complexity index is 4140. The zero-order chi connectivity index (χ0) is 75.1. The largest absolute Gasteiger partial charge is 0.491 e. The molecule has 23 nitrogen and oxygen atoms in total. The first-order valence-corrected chi connectivity index (χ1v) is 43.6. The number of pyridine rings is 2. The topological polar surface area (TPSA) is 289 Å². The lowest BCUT2D eigenvalue weighted by atomic mass is 10.0. The van der Waals surface area contributed by atoms with Crippen LogP contribution in [0.15, 0.2) is 55.6 Å². The van der Waals surface area contributed by atoms with Crippen molar-refractivity contribution in [1.29, 1.82) is 0 Å². The Morgan fingerprint density at radius 1 is 0.466 bits per heavy atom. The molecule has 0 atom stereocenters. The van der Waals surface area contributed by atoms with Gasteiger partial charge in [0, 0.05) is 60.4 Å². The smallest absolute Gasteiger partial charge is 0.271 e. The van der Waals surface area contributed by atoms with Crippen LogP contribution in [-0.4, -0.2) is 167 Å². The molecule has 4 aromatic heterocycles. The van der Waals surface area contributed by atoms with Gasteiger partial charge in [-0.1, -0.05) is 136 Å². The molecular formula is C78H126N14O9P2. The highest BCUT2D eigenvalue weighted by molar-refractivity contribution is 7.70. The Labute approximate surface area is 612 Å². The lowest BCUT2D eigenvalue weighted by Crippen LogP contribution is -2.44. The van der Waals surface area contributed by atoms with Gasteiger partial charge in [-0.15, -0.1) is 0 Å². The number of nitrogens with one attached hydrogen (secondary N) is 3. The Balaban J connectivity index is 0.000000308. The first-order chi connectivity index (χ1) is 49.4. The third kappa shape index (κ3) is 25.4. The van der Waals surface area contributed by atoms with Gasteiger partial charge in [-0.3, -0.25) is 19.2 Å². The molecule has 0 amide bonds. The van der Waals surface area contributed by atoms with E-state index in [-0.39, 0.29) is 11.2 Å². The van der Waals surface area contributed by atoms with Crippen LogP contribution in [0.3, 0.4) is 0 Å². The van der Waals surface area contributed by atoms with Gasteiger partial charge in [-0.25, -0.2) is 19.9 Å². The van der Waals surface area contributed by atoms with E-state index >= 15 is 0 Å². The minimum absolute atomic E-state index is 0.150. The van der Waals surface area contributed by atoms with E-state index in [0.29, 0.717) is 84.6 Å². The van der Waals surface area contributed by atoms with E-state index in [0.717, 1.165) is 166 Å². The van der Waals surface area contributed by atoms with Crippen LogP contribution in [0.1, 0.15) is 200 Å². The van der Waals surface area contributed by atoms with Gasteiger partial charge in [0.05, 0.1) is 18.1 Å². The van der Waals surface area contributed by atoms with E-state index in [9.17, 15) is 28.3 Å². The predicted molar refractivity (Wildman–Crippen MR) is 434 cm³/mol. The Kier molecular flexibility index (Phi) is 35.9. The average Bonchev–Trinajstić information content (AvgIpc) is 1.71. The summed E-state index contributed by atoms with van der Waals surface area (Å²) < 4.78 is 33.8. The highest BCUT2D eigenvalue weighted by atomic mass is 31.2. The van der Waals surface area contributed by atoms with Crippen LogP contribution >= 0.6 is 14.3 Å². The zero-order valence-electron chi connectivity index (χ0n) is 64.9. The van der Waals surface area contributed by atoms with Gasteiger partial charge < -0.3 is 65.7 Å². The van der Waals surface area contributed by atoms with Crippen LogP contribution in [0.25, 0.3) is 43.9 Å². The van der Waals surface area contributed by atoms with Crippen molar-refractivity contribution in [2.45, 2.75) is 201 Å². The van der Waals surface area contributed by atoms with Crippen LogP contribution in [0.4, 0.5) is 28.7 Å². The molecule has 25 heteroatoms. The highest BCUT2D eigenvalue weighted by Crippen LogP contribution is 2.39. The minimum Gasteiger partial charge on any atom is -0.491 e. The Morgan fingerprint density at radius 3 is 1.35 bits per heavy atom.